The van der Waals surface area contributed by atoms with Gasteiger partial charge in [-0.15, -0.1) is 0 Å². The zero-order valence-corrected chi connectivity index (χ0v) is 34.2. The maximum Gasteiger partial charge on any atom is 0.238 e. The summed E-state index contributed by atoms with van der Waals surface area (Å²) in [6, 6.07) is 72.6. The molecule has 0 N–H and O–H groups in total. The quantitative estimate of drug-likeness (QED) is 0.173. The van der Waals surface area contributed by atoms with E-state index in [9.17, 15) is 0 Å². The van der Waals surface area contributed by atoms with E-state index in [0.29, 0.717) is 17.6 Å². The molecule has 298 valence electrons. The molecular formula is C57H34N6O. The zero-order valence-electron chi connectivity index (χ0n) is 34.2. The van der Waals surface area contributed by atoms with Gasteiger partial charge in [0.1, 0.15) is 11.2 Å². The van der Waals surface area contributed by atoms with Crippen LogP contribution in [0.5, 0.6) is 0 Å². The molecule has 5 aromatic heterocycles. The Morgan fingerprint density at radius 2 is 0.797 bits per heavy atom. The normalized spacial score (nSPS) is 12.1. The van der Waals surface area contributed by atoms with Crippen LogP contribution in [0, 0.1) is 0 Å². The van der Waals surface area contributed by atoms with Crippen molar-refractivity contribution < 1.29 is 4.42 Å². The highest BCUT2D eigenvalue weighted by Crippen LogP contribution is 2.47. The van der Waals surface area contributed by atoms with Crippen LogP contribution >= 0.6 is 0 Å². The second kappa shape index (κ2) is 13.3. The van der Waals surface area contributed by atoms with Gasteiger partial charge in [-0.3, -0.25) is 4.57 Å². The third-order valence-electron chi connectivity index (χ3n) is 12.9. The lowest BCUT2D eigenvalue weighted by Gasteiger charge is -2.15. The Hall–Kier alpha value is -8.81. The van der Waals surface area contributed by atoms with Crippen LogP contribution in [0.3, 0.4) is 0 Å². The van der Waals surface area contributed by atoms with Crippen molar-refractivity contribution in [3.8, 4) is 40.1 Å². The highest BCUT2D eigenvalue weighted by molar-refractivity contribution is 6.27. The Kier molecular flexibility index (Phi) is 7.27. The van der Waals surface area contributed by atoms with Crippen LogP contribution in [0.1, 0.15) is 0 Å². The number of hydrogen-bond acceptors (Lipinski definition) is 4. The van der Waals surface area contributed by atoms with Crippen molar-refractivity contribution in [3.63, 3.8) is 0 Å². The Balaban J connectivity index is 1.16. The first kappa shape index (κ1) is 34.9. The molecule has 0 spiro atoms. The summed E-state index contributed by atoms with van der Waals surface area (Å²) in [5.74, 6) is 1.66. The average Bonchev–Trinajstić information content (AvgIpc) is 4.10. The smallest absolute Gasteiger partial charge is 0.238 e. The molecule has 0 bridgehead atoms. The van der Waals surface area contributed by atoms with Crippen LogP contribution in [0.2, 0.25) is 0 Å². The summed E-state index contributed by atoms with van der Waals surface area (Å²) in [5, 5.41) is 9.08. The van der Waals surface area contributed by atoms with E-state index >= 15 is 0 Å². The molecule has 0 saturated heterocycles. The number of rotatable bonds is 5. The van der Waals surface area contributed by atoms with E-state index in [1.165, 1.54) is 21.5 Å². The van der Waals surface area contributed by atoms with Crippen LogP contribution in [0.4, 0.5) is 0 Å². The molecule has 14 rings (SSSR count). The maximum absolute atomic E-state index is 6.39. The molecule has 0 unspecified atom stereocenters. The number of para-hydroxylation sites is 6. The van der Waals surface area contributed by atoms with Gasteiger partial charge in [0.05, 0.1) is 38.8 Å². The number of aromatic nitrogens is 6. The van der Waals surface area contributed by atoms with Gasteiger partial charge in [0.2, 0.25) is 5.95 Å². The first-order chi connectivity index (χ1) is 31.8. The standard InChI is InChI=1S/C57H34N6O/c1-3-17-35(18-4-1)55-58-56(36-31-32-41-40-23-11-16-30-50(40)64-51(41)33-36)60-57(59-55)63-47-29-15-10-25-43(47)53-49(63)34-48-52(42-24-9-14-28-46(42)61(48)37-19-5-2-6-20-37)54(53)62-44-26-12-7-21-38(44)39-22-8-13-27-45(39)62/h1-34H. The third kappa shape index (κ3) is 4.94. The third-order valence-corrected chi connectivity index (χ3v) is 12.9. The molecule has 14 aromatic rings. The summed E-state index contributed by atoms with van der Waals surface area (Å²) < 4.78 is 13.5. The summed E-state index contributed by atoms with van der Waals surface area (Å²) >= 11 is 0. The average molecular weight is 819 g/mol. The topological polar surface area (TPSA) is 66.6 Å². The SMILES string of the molecule is c1ccc(-c2nc(-c3ccc4c(c3)oc3ccccc34)nc(-n3c4ccccc4c4c(-n5c6ccccc6c6ccccc65)c5c6ccccc6n(-c6ccccc6)c5cc43)n2)cc1. The second-order valence-corrected chi connectivity index (χ2v) is 16.4. The molecule has 9 aromatic carbocycles. The van der Waals surface area contributed by atoms with Crippen molar-refractivity contribution >= 4 is 87.4 Å². The van der Waals surface area contributed by atoms with Gasteiger partial charge in [-0.05, 0) is 60.7 Å². The highest BCUT2D eigenvalue weighted by Gasteiger charge is 2.27. The van der Waals surface area contributed by atoms with E-state index < -0.39 is 0 Å². The fourth-order valence-electron chi connectivity index (χ4n) is 10.2. The van der Waals surface area contributed by atoms with Crippen molar-refractivity contribution in [1.82, 2.24) is 28.7 Å². The van der Waals surface area contributed by atoms with Crippen LogP contribution in [0.25, 0.3) is 127 Å². The Morgan fingerprint density at radius 1 is 0.312 bits per heavy atom. The van der Waals surface area contributed by atoms with Gasteiger partial charge in [-0.2, -0.15) is 9.97 Å². The molecule has 0 aliphatic heterocycles. The van der Waals surface area contributed by atoms with E-state index in [1.807, 2.05) is 36.4 Å². The van der Waals surface area contributed by atoms with Gasteiger partial charge in [0.15, 0.2) is 11.6 Å². The molecule has 0 saturated carbocycles. The second-order valence-electron chi connectivity index (χ2n) is 16.4. The predicted octanol–water partition coefficient (Wildman–Crippen LogP) is 14.4. The summed E-state index contributed by atoms with van der Waals surface area (Å²) in [6.07, 6.45) is 0. The summed E-state index contributed by atoms with van der Waals surface area (Å²) in [4.78, 5) is 16.0. The molecule has 7 heteroatoms. The summed E-state index contributed by atoms with van der Waals surface area (Å²) in [7, 11) is 0. The molecular weight excluding hydrogens is 785 g/mol. The predicted molar refractivity (Wildman–Crippen MR) is 261 cm³/mol. The van der Waals surface area contributed by atoms with Crippen LogP contribution in [-0.2, 0) is 0 Å². The lowest BCUT2D eigenvalue weighted by atomic mass is 10.0. The largest absolute Gasteiger partial charge is 0.456 e. The van der Waals surface area contributed by atoms with E-state index in [1.54, 1.807) is 0 Å². The van der Waals surface area contributed by atoms with Gasteiger partial charge in [0, 0.05) is 59.9 Å². The van der Waals surface area contributed by atoms with Gasteiger partial charge in [-0.1, -0.05) is 146 Å². The first-order valence-corrected chi connectivity index (χ1v) is 21.5. The molecule has 7 nitrogen and oxygen atoms in total. The Morgan fingerprint density at radius 3 is 1.45 bits per heavy atom. The van der Waals surface area contributed by atoms with E-state index in [-0.39, 0.29) is 0 Å². The molecule has 5 heterocycles. The highest BCUT2D eigenvalue weighted by atomic mass is 16.3. The van der Waals surface area contributed by atoms with Crippen LogP contribution in [0.15, 0.2) is 211 Å². The minimum atomic E-state index is 0.523. The molecule has 0 aliphatic rings. The fourth-order valence-corrected chi connectivity index (χ4v) is 10.2. The molecule has 64 heavy (non-hydrogen) atoms. The number of nitrogens with zero attached hydrogens (tertiary/aromatic N) is 6. The summed E-state index contributed by atoms with van der Waals surface area (Å²) in [5.41, 5.74) is 12.0. The monoisotopic (exact) mass is 818 g/mol. The van der Waals surface area contributed by atoms with Crippen LogP contribution < -0.4 is 0 Å². The number of hydrogen-bond donors (Lipinski definition) is 0. The Labute approximate surface area is 365 Å². The van der Waals surface area contributed by atoms with Crippen LogP contribution in [-0.4, -0.2) is 28.7 Å². The minimum absolute atomic E-state index is 0.523. The molecule has 0 atom stereocenters. The maximum atomic E-state index is 6.39. The Bertz CT molecular complexity index is 4140. The molecule has 0 aliphatic carbocycles. The van der Waals surface area contributed by atoms with Gasteiger partial charge in [0.25, 0.3) is 0 Å². The minimum Gasteiger partial charge on any atom is -0.456 e. The molecule has 0 fully saturated rings. The number of fused-ring (bicyclic) bond motifs is 12. The van der Waals surface area contributed by atoms with E-state index in [2.05, 4.69) is 184 Å². The van der Waals surface area contributed by atoms with Crippen molar-refractivity contribution in [2.45, 2.75) is 0 Å². The summed E-state index contributed by atoms with van der Waals surface area (Å²) in [6.45, 7) is 0. The van der Waals surface area contributed by atoms with Gasteiger partial charge < -0.3 is 13.6 Å². The van der Waals surface area contributed by atoms with Gasteiger partial charge >= 0.3 is 0 Å². The van der Waals surface area contributed by atoms with E-state index in [4.69, 9.17) is 19.4 Å². The number of benzene rings is 9. The lowest BCUT2D eigenvalue weighted by Crippen LogP contribution is -2.07. The van der Waals surface area contributed by atoms with Crippen molar-refractivity contribution in [1.29, 1.82) is 0 Å². The lowest BCUT2D eigenvalue weighted by molar-refractivity contribution is 0.669. The fraction of sp³-hybridized carbons (Fsp3) is 0. The molecule has 0 radical (unpaired) electrons. The zero-order chi connectivity index (χ0) is 41.9. The number of furan rings is 1. The molecule has 0 amide bonds. The van der Waals surface area contributed by atoms with Crippen molar-refractivity contribution in [2.75, 3.05) is 0 Å². The van der Waals surface area contributed by atoms with Crippen molar-refractivity contribution in [3.05, 3.63) is 206 Å². The van der Waals surface area contributed by atoms with E-state index in [0.717, 1.165) is 88.3 Å². The first-order valence-electron chi connectivity index (χ1n) is 21.5. The van der Waals surface area contributed by atoms with Crippen molar-refractivity contribution in [2.24, 2.45) is 0 Å². The van der Waals surface area contributed by atoms with Gasteiger partial charge in [-0.25, -0.2) is 4.98 Å².